The second-order valence-corrected chi connectivity index (χ2v) is 4.45. The summed E-state index contributed by atoms with van der Waals surface area (Å²) in [7, 11) is 0. The largest absolute Gasteiger partial charge is 0.328 e. The van der Waals surface area contributed by atoms with Crippen molar-refractivity contribution >= 4 is 27.0 Å². The minimum Gasteiger partial charge on any atom is -0.328 e. The fourth-order valence-corrected chi connectivity index (χ4v) is 2.45. The van der Waals surface area contributed by atoms with Crippen molar-refractivity contribution in [1.29, 1.82) is 0 Å². The lowest BCUT2D eigenvalue weighted by Gasteiger charge is -1.99. The van der Waals surface area contributed by atoms with Gasteiger partial charge in [-0.25, -0.2) is 9.37 Å². The average molecular weight is 255 g/mol. The zero-order valence-electron chi connectivity index (χ0n) is 7.43. The van der Waals surface area contributed by atoms with E-state index in [9.17, 15) is 4.39 Å². The first-order chi connectivity index (χ1) is 6.75. The lowest BCUT2D eigenvalue weighted by molar-refractivity contribution is 0.635. The molecule has 0 amide bonds. The summed E-state index contributed by atoms with van der Waals surface area (Å²) in [5.74, 6) is 0.772. The lowest BCUT2D eigenvalue weighted by atomic mass is 10.3. The van der Waals surface area contributed by atoms with Crippen molar-refractivity contribution in [3.8, 4) is 0 Å². The Hall–Kier alpha value is -0.900. The summed E-state index contributed by atoms with van der Waals surface area (Å²) in [6.07, 6.45) is 2.08. The predicted octanol–water partition coefficient (Wildman–Crippen LogP) is 2.88. The van der Waals surface area contributed by atoms with Crippen LogP contribution in [0.3, 0.4) is 0 Å². The Labute approximate surface area is 88.9 Å². The molecule has 0 spiro atoms. The highest BCUT2D eigenvalue weighted by Crippen LogP contribution is 2.27. The monoisotopic (exact) mass is 254 g/mol. The number of rotatable bonds is 0. The van der Waals surface area contributed by atoms with E-state index < -0.39 is 0 Å². The molecule has 1 aliphatic heterocycles. The molecule has 0 unspecified atom stereocenters. The van der Waals surface area contributed by atoms with Crippen molar-refractivity contribution in [1.82, 2.24) is 9.55 Å². The minimum atomic E-state index is -0.240. The molecule has 2 nitrogen and oxygen atoms in total. The third-order valence-electron chi connectivity index (χ3n) is 2.63. The Balaban J connectivity index is 2.43. The van der Waals surface area contributed by atoms with Crippen molar-refractivity contribution in [2.75, 3.05) is 0 Å². The zero-order valence-corrected chi connectivity index (χ0v) is 9.01. The summed E-state index contributed by atoms with van der Waals surface area (Å²) in [6, 6.07) is 3.39. The first-order valence-electron chi connectivity index (χ1n) is 4.60. The summed E-state index contributed by atoms with van der Waals surface area (Å²) < 4.78 is 16.4. The normalized spacial score (nSPS) is 15.0. The number of fused-ring (bicyclic) bond motifs is 3. The Morgan fingerprint density at radius 3 is 3.14 bits per heavy atom. The van der Waals surface area contributed by atoms with Crippen LogP contribution >= 0.6 is 15.9 Å². The highest BCUT2D eigenvalue weighted by atomic mass is 79.9. The van der Waals surface area contributed by atoms with Crippen molar-refractivity contribution < 1.29 is 4.39 Å². The van der Waals surface area contributed by atoms with Gasteiger partial charge in [0.25, 0.3) is 0 Å². The maximum atomic E-state index is 13.5. The molecule has 2 heterocycles. The Morgan fingerprint density at radius 2 is 2.29 bits per heavy atom. The third kappa shape index (κ3) is 1.03. The molecule has 0 saturated carbocycles. The van der Waals surface area contributed by atoms with Crippen LogP contribution in [0.2, 0.25) is 0 Å². The van der Waals surface area contributed by atoms with Crippen molar-refractivity contribution in [2.24, 2.45) is 0 Å². The summed E-state index contributed by atoms with van der Waals surface area (Å²) in [4.78, 5) is 4.30. The molecule has 4 heteroatoms. The molecule has 0 saturated heterocycles. The molecule has 0 radical (unpaired) electrons. The van der Waals surface area contributed by atoms with E-state index in [2.05, 4.69) is 25.5 Å². The minimum absolute atomic E-state index is 0.240. The molecule has 0 fully saturated rings. The van der Waals surface area contributed by atoms with E-state index in [1.165, 1.54) is 6.07 Å². The second-order valence-electron chi connectivity index (χ2n) is 3.54. The highest BCUT2D eigenvalue weighted by Gasteiger charge is 2.18. The fourth-order valence-electron chi connectivity index (χ4n) is 2.03. The molecule has 1 aromatic carbocycles. The Kier molecular flexibility index (Phi) is 1.68. The van der Waals surface area contributed by atoms with E-state index in [-0.39, 0.29) is 5.82 Å². The molecule has 14 heavy (non-hydrogen) atoms. The maximum Gasteiger partial charge on any atom is 0.152 e. The van der Waals surface area contributed by atoms with Crippen LogP contribution in [0.1, 0.15) is 12.2 Å². The van der Waals surface area contributed by atoms with Gasteiger partial charge >= 0.3 is 0 Å². The maximum absolute atomic E-state index is 13.5. The number of aromatic nitrogens is 2. The van der Waals surface area contributed by atoms with Gasteiger partial charge in [-0.05, 0) is 18.6 Å². The molecular formula is C10H8BrFN2. The van der Waals surface area contributed by atoms with E-state index in [1.807, 2.05) is 6.07 Å². The van der Waals surface area contributed by atoms with Gasteiger partial charge in [0.15, 0.2) is 5.82 Å². The molecule has 0 aliphatic carbocycles. The Bertz CT molecular complexity index is 518. The topological polar surface area (TPSA) is 17.8 Å². The standard InChI is InChI=1S/C10H8BrFN2/c11-6-4-7(12)10-8(5-6)14-3-1-2-9(14)13-10/h4-5H,1-3H2. The number of nitrogens with zero attached hydrogens (tertiary/aromatic N) is 2. The summed E-state index contributed by atoms with van der Waals surface area (Å²) in [5, 5.41) is 0. The molecule has 0 atom stereocenters. The van der Waals surface area contributed by atoms with Crippen LogP contribution in [0.15, 0.2) is 16.6 Å². The van der Waals surface area contributed by atoms with Crippen LogP contribution in [-0.4, -0.2) is 9.55 Å². The lowest BCUT2D eigenvalue weighted by Crippen LogP contribution is -1.91. The molecule has 2 aromatic rings. The second kappa shape index (κ2) is 2.79. The average Bonchev–Trinajstić information content (AvgIpc) is 2.65. The number of hydrogen-bond donors (Lipinski definition) is 0. The number of hydrogen-bond acceptors (Lipinski definition) is 1. The van der Waals surface area contributed by atoms with Crippen LogP contribution in [0.5, 0.6) is 0 Å². The van der Waals surface area contributed by atoms with Crippen molar-refractivity contribution in [3.05, 3.63) is 28.2 Å². The first-order valence-corrected chi connectivity index (χ1v) is 5.39. The van der Waals surface area contributed by atoms with Gasteiger partial charge in [-0.1, -0.05) is 15.9 Å². The van der Waals surface area contributed by atoms with E-state index >= 15 is 0 Å². The van der Waals surface area contributed by atoms with Gasteiger partial charge in [-0.15, -0.1) is 0 Å². The van der Waals surface area contributed by atoms with Gasteiger partial charge in [0.05, 0.1) is 5.52 Å². The van der Waals surface area contributed by atoms with Crippen LogP contribution in [0.4, 0.5) is 4.39 Å². The van der Waals surface area contributed by atoms with Gasteiger partial charge in [0.1, 0.15) is 11.3 Å². The molecule has 3 rings (SSSR count). The SMILES string of the molecule is Fc1cc(Br)cc2c1nc1n2CCC1. The van der Waals surface area contributed by atoms with Gasteiger partial charge in [0, 0.05) is 17.4 Å². The molecule has 72 valence electrons. The molecule has 0 bridgehead atoms. The first kappa shape index (κ1) is 8.41. The van der Waals surface area contributed by atoms with Gasteiger partial charge < -0.3 is 4.57 Å². The van der Waals surface area contributed by atoms with Crippen LogP contribution in [-0.2, 0) is 13.0 Å². The van der Waals surface area contributed by atoms with E-state index in [1.54, 1.807) is 0 Å². The molecule has 1 aliphatic rings. The van der Waals surface area contributed by atoms with Crippen LogP contribution in [0, 0.1) is 5.82 Å². The van der Waals surface area contributed by atoms with Crippen molar-refractivity contribution in [2.45, 2.75) is 19.4 Å². The van der Waals surface area contributed by atoms with Crippen molar-refractivity contribution in [3.63, 3.8) is 0 Å². The predicted molar refractivity (Wildman–Crippen MR) is 55.7 cm³/mol. The number of imidazole rings is 1. The van der Waals surface area contributed by atoms with E-state index in [0.29, 0.717) is 5.52 Å². The summed E-state index contributed by atoms with van der Waals surface area (Å²) in [5.41, 5.74) is 1.41. The number of halogens is 2. The fraction of sp³-hybridized carbons (Fsp3) is 0.300. The number of aryl methyl sites for hydroxylation is 2. The Morgan fingerprint density at radius 1 is 1.43 bits per heavy atom. The summed E-state index contributed by atoms with van der Waals surface area (Å²) >= 11 is 3.30. The van der Waals surface area contributed by atoms with Crippen LogP contribution in [0.25, 0.3) is 11.0 Å². The third-order valence-corrected chi connectivity index (χ3v) is 3.09. The number of benzene rings is 1. The van der Waals surface area contributed by atoms with E-state index in [4.69, 9.17) is 0 Å². The van der Waals surface area contributed by atoms with Crippen LogP contribution < -0.4 is 0 Å². The van der Waals surface area contributed by atoms with E-state index in [0.717, 1.165) is 35.2 Å². The highest BCUT2D eigenvalue weighted by molar-refractivity contribution is 9.10. The molecular weight excluding hydrogens is 247 g/mol. The smallest absolute Gasteiger partial charge is 0.152 e. The molecule has 1 aromatic heterocycles. The van der Waals surface area contributed by atoms with Gasteiger partial charge in [-0.2, -0.15) is 0 Å². The van der Waals surface area contributed by atoms with Gasteiger partial charge in [-0.3, -0.25) is 0 Å². The summed E-state index contributed by atoms with van der Waals surface area (Å²) in [6.45, 7) is 0.960. The quantitative estimate of drug-likeness (QED) is 0.707. The van der Waals surface area contributed by atoms with Gasteiger partial charge in [0.2, 0.25) is 0 Å². The molecule has 0 N–H and O–H groups in total. The zero-order chi connectivity index (χ0) is 9.71.